The number of aromatic nitrogens is 1. The summed E-state index contributed by atoms with van der Waals surface area (Å²) in [6, 6.07) is 57.9. The Balaban J connectivity index is 1.11. The standard InChI is InChI=1S/C50H36N2O/c1-32-33(28-30-45(51)44-19-9-10-21-47(44)53-2)22-27-37-29-31-46(52-50(32)37)35-23-25-36(26-24-35)48-40-15-5-7-17-42(40)49(43-18-8-6-16-41(43)48)39-20-11-13-34-12-3-4-14-38(34)39/h3-31,51H,1-2H3/b30-28-,51-45?. The minimum Gasteiger partial charge on any atom is -0.496 e. The molecule has 1 N–H and O–H groups in total. The number of nitrogens with zero attached hydrogens (tertiary/aromatic N) is 1. The van der Waals surface area contributed by atoms with Crippen molar-refractivity contribution in [2.24, 2.45) is 0 Å². The number of methoxy groups -OCH3 is 1. The molecule has 0 aliphatic heterocycles. The highest BCUT2D eigenvalue weighted by atomic mass is 16.5. The molecule has 0 bridgehead atoms. The molecule has 9 rings (SSSR count). The fourth-order valence-electron chi connectivity index (χ4n) is 7.80. The van der Waals surface area contributed by atoms with Gasteiger partial charge in [0.25, 0.3) is 0 Å². The van der Waals surface area contributed by atoms with E-state index in [1.54, 1.807) is 7.11 Å². The molecule has 8 aromatic carbocycles. The van der Waals surface area contributed by atoms with Crippen molar-refractivity contribution in [2.45, 2.75) is 6.92 Å². The van der Waals surface area contributed by atoms with Crippen molar-refractivity contribution >= 4 is 55.0 Å². The number of para-hydroxylation sites is 1. The van der Waals surface area contributed by atoms with Gasteiger partial charge in [0.15, 0.2) is 0 Å². The minimum atomic E-state index is 0.396. The lowest BCUT2D eigenvalue weighted by Gasteiger charge is -2.19. The predicted octanol–water partition coefficient (Wildman–Crippen LogP) is 13.1. The largest absolute Gasteiger partial charge is 0.496 e. The normalized spacial score (nSPS) is 11.6. The zero-order valence-corrected chi connectivity index (χ0v) is 29.6. The number of aryl methyl sites for hydroxylation is 1. The van der Waals surface area contributed by atoms with Gasteiger partial charge in [0.1, 0.15) is 5.75 Å². The third-order valence-corrected chi connectivity index (χ3v) is 10.4. The molecular formula is C50H36N2O. The van der Waals surface area contributed by atoms with E-state index in [9.17, 15) is 0 Å². The summed E-state index contributed by atoms with van der Waals surface area (Å²) in [5, 5.41) is 17.2. The van der Waals surface area contributed by atoms with Gasteiger partial charge in [-0.25, -0.2) is 4.98 Å². The number of hydrogen-bond acceptors (Lipinski definition) is 3. The van der Waals surface area contributed by atoms with E-state index in [0.717, 1.165) is 38.9 Å². The molecule has 0 saturated carbocycles. The topological polar surface area (TPSA) is 46.0 Å². The summed E-state index contributed by atoms with van der Waals surface area (Å²) in [4.78, 5) is 5.18. The molecular weight excluding hydrogens is 645 g/mol. The first-order chi connectivity index (χ1) is 26.1. The van der Waals surface area contributed by atoms with Gasteiger partial charge in [-0.15, -0.1) is 0 Å². The van der Waals surface area contributed by atoms with Gasteiger partial charge >= 0.3 is 0 Å². The number of benzene rings is 8. The van der Waals surface area contributed by atoms with Gasteiger partial charge in [0.2, 0.25) is 0 Å². The first-order valence-corrected chi connectivity index (χ1v) is 17.9. The molecule has 252 valence electrons. The highest BCUT2D eigenvalue weighted by molar-refractivity contribution is 6.23. The molecule has 0 saturated heterocycles. The van der Waals surface area contributed by atoms with Gasteiger partial charge in [-0.05, 0) is 96.9 Å². The van der Waals surface area contributed by atoms with Gasteiger partial charge in [-0.3, -0.25) is 0 Å². The van der Waals surface area contributed by atoms with Crippen LogP contribution in [0.5, 0.6) is 5.75 Å². The molecule has 1 aromatic heterocycles. The number of hydrogen-bond donors (Lipinski definition) is 1. The van der Waals surface area contributed by atoms with E-state index in [2.05, 4.69) is 146 Å². The summed E-state index contributed by atoms with van der Waals surface area (Å²) in [6.45, 7) is 2.10. The van der Waals surface area contributed by atoms with Crippen molar-refractivity contribution in [2.75, 3.05) is 7.11 Å². The second kappa shape index (κ2) is 13.4. The first kappa shape index (κ1) is 32.1. The van der Waals surface area contributed by atoms with Crippen LogP contribution in [0.3, 0.4) is 0 Å². The third-order valence-electron chi connectivity index (χ3n) is 10.4. The lowest BCUT2D eigenvalue weighted by molar-refractivity contribution is 0.414. The maximum atomic E-state index is 8.67. The Morgan fingerprint density at radius 3 is 1.85 bits per heavy atom. The van der Waals surface area contributed by atoms with Crippen LogP contribution < -0.4 is 4.74 Å². The van der Waals surface area contributed by atoms with Gasteiger partial charge in [-0.2, -0.15) is 0 Å². The minimum absolute atomic E-state index is 0.396. The molecule has 0 unspecified atom stereocenters. The molecule has 0 fully saturated rings. The van der Waals surface area contributed by atoms with Crippen molar-refractivity contribution in [3.8, 4) is 39.3 Å². The average Bonchev–Trinajstić information content (AvgIpc) is 3.22. The Labute approximate surface area is 309 Å². The molecule has 0 amide bonds. The molecule has 0 radical (unpaired) electrons. The number of allylic oxidation sites excluding steroid dienone is 1. The Hall–Kier alpha value is -6.84. The molecule has 3 heteroatoms. The number of fused-ring (bicyclic) bond motifs is 4. The van der Waals surface area contributed by atoms with Crippen molar-refractivity contribution in [1.82, 2.24) is 4.98 Å². The quantitative estimate of drug-likeness (QED) is 0.134. The second-order valence-corrected chi connectivity index (χ2v) is 13.4. The number of ether oxygens (including phenoxy) is 1. The van der Waals surface area contributed by atoms with Crippen LogP contribution in [0.2, 0.25) is 0 Å². The molecule has 0 aliphatic rings. The monoisotopic (exact) mass is 680 g/mol. The van der Waals surface area contributed by atoms with Crippen LogP contribution in [0, 0.1) is 12.3 Å². The summed E-state index contributed by atoms with van der Waals surface area (Å²) in [6.07, 6.45) is 3.82. The van der Waals surface area contributed by atoms with E-state index in [0.29, 0.717) is 11.5 Å². The molecule has 0 aliphatic carbocycles. The summed E-state index contributed by atoms with van der Waals surface area (Å²) < 4.78 is 5.47. The summed E-state index contributed by atoms with van der Waals surface area (Å²) in [5.74, 6) is 0.689. The fraction of sp³-hybridized carbons (Fsp3) is 0.0400. The van der Waals surface area contributed by atoms with E-state index in [1.165, 1.54) is 54.6 Å². The zero-order chi connectivity index (χ0) is 35.9. The van der Waals surface area contributed by atoms with E-state index in [4.69, 9.17) is 15.1 Å². The highest BCUT2D eigenvalue weighted by Crippen LogP contribution is 2.45. The lowest BCUT2D eigenvalue weighted by atomic mass is 9.84. The van der Waals surface area contributed by atoms with Gasteiger partial charge in [0.05, 0.1) is 24.0 Å². The van der Waals surface area contributed by atoms with Crippen LogP contribution in [0.4, 0.5) is 0 Å². The number of pyridine rings is 1. The summed E-state index contributed by atoms with van der Waals surface area (Å²) in [7, 11) is 1.63. The van der Waals surface area contributed by atoms with Crippen molar-refractivity contribution in [3.63, 3.8) is 0 Å². The van der Waals surface area contributed by atoms with Crippen molar-refractivity contribution in [3.05, 3.63) is 187 Å². The van der Waals surface area contributed by atoms with Gasteiger partial charge in [-0.1, -0.05) is 152 Å². The molecule has 3 nitrogen and oxygen atoms in total. The van der Waals surface area contributed by atoms with Gasteiger partial charge in [0, 0.05) is 16.5 Å². The van der Waals surface area contributed by atoms with Crippen LogP contribution in [-0.4, -0.2) is 17.8 Å². The van der Waals surface area contributed by atoms with Crippen LogP contribution in [0.1, 0.15) is 16.7 Å². The first-order valence-electron chi connectivity index (χ1n) is 17.9. The van der Waals surface area contributed by atoms with E-state index in [-0.39, 0.29) is 0 Å². The van der Waals surface area contributed by atoms with E-state index in [1.807, 2.05) is 36.4 Å². The van der Waals surface area contributed by atoms with Crippen LogP contribution in [-0.2, 0) is 0 Å². The smallest absolute Gasteiger partial charge is 0.128 e. The summed E-state index contributed by atoms with van der Waals surface area (Å²) in [5.41, 5.74) is 11.2. The molecule has 0 spiro atoms. The van der Waals surface area contributed by atoms with E-state index >= 15 is 0 Å². The Bertz CT molecular complexity index is 2840. The van der Waals surface area contributed by atoms with Crippen LogP contribution in [0.25, 0.3) is 82.8 Å². The maximum Gasteiger partial charge on any atom is 0.128 e. The number of rotatable bonds is 7. The van der Waals surface area contributed by atoms with Crippen LogP contribution in [0.15, 0.2) is 170 Å². The average molecular weight is 681 g/mol. The van der Waals surface area contributed by atoms with E-state index < -0.39 is 0 Å². The Kier molecular flexibility index (Phi) is 8.10. The summed E-state index contributed by atoms with van der Waals surface area (Å²) >= 11 is 0. The highest BCUT2D eigenvalue weighted by Gasteiger charge is 2.18. The SMILES string of the molecule is COc1ccccc1C(=N)/C=C\c1ccc2ccc(-c3ccc(-c4c5ccccc5c(-c5cccc6ccccc56)c5ccccc45)cc3)nc2c1C. The molecule has 53 heavy (non-hydrogen) atoms. The zero-order valence-electron chi connectivity index (χ0n) is 29.6. The molecule has 1 heterocycles. The lowest BCUT2D eigenvalue weighted by Crippen LogP contribution is -1.98. The number of nitrogens with one attached hydrogen (secondary N) is 1. The van der Waals surface area contributed by atoms with Crippen LogP contribution >= 0.6 is 0 Å². The predicted molar refractivity (Wildman–Crippen MR) is 224 cm³/mol. The second-order valence-electron chi connectivity index (χ2n) is 13.4. The van der Waals surface area contributed by atoms with Crippen molar-refractivity contribution < 1.29 is 4.74 Å². The maximum absolute atomic E-state index is 8.67. The Morgan fingerprint density at radius 2 is 1.13 bits per heavy atom. The fourth-order valence-corrected chi connectivity index (χ4v) is 7.80. The van der Waals surface area contributed by atoms with Crippen molar-refractivity contribution in [1.29, 1.82) is 5.41 Å². The third kappa shape index (κ3) is 5.64. The molecule has 0 atom stereocenters. The molecule has 9 aromatic rings. The van der Waals surface area contributed by atoms with Gasteiger partial charge < -0.3 is 10.1 Å². The Morgan fingerprint density at radius 1 is 0.547 bits per heavy atom.